The van der Waals surface area contributed by atoms with Gasteiger partial charge in [0.25, 0.3) is 0 Å². The van der Waals surface area contributed by atoms with Crippen LogP contribution in [0.4, 0.5) is 0 Å². The Hall–Kier alpha value is -4.16. The maximum Gasteiger partial charge on any atom is 0.101 e. The minimum atomic E-state index is 0.621. The lowest BCUT2D eigenvalue weighted by atomic mass is 9.97. The van der Waals surface area contributed by atoms with E-state index in [1.165, 1.54) is 43.7 Å². The van der Waals surface area contributed by atoms with Crippen LogP contribution in [-0.2, 0) is 0 Å². The van der Waals surface area contributed by atoms with Crippen molar-refractivity contribution in [3.63, 3.8) is 0 Å². The molecule has 0 aliphatic heterocycles. The summed E-state index contributed by atoms with van der Waals surface area (Å²) in [4.78, 5) is 4.84. The molecule has 0 radical (unpaired) electrons. The maximum absolute atomic E-state index is 9.94. The second kappa shape index (κ2) is 5.50. The third-order valence-corrected chi connectivity index (χ3v) is 6.97. The number of hydrogen-bond acceptors (Lipinski definition) is 2. The van der Waals surface area contributed by atoms with E-state index in [1.807, 2.05) is 0 Å². The average molecular weight is 395 g/mol. The van der Waals surface area contributed by atoms with Crippen LogP contribution in [0, 0.1) is 25.2 Å². The summed E-state index contributed by atoms with van der Waals surface area (Å²) >= 11 is 0. The van der Waals surface area contributed by atoms with Crippen molar-refractivity contribution in [1.82, 2.24) is 9.38 Å². The van der Waals surface area contributed by atoms with Crippen molar-refractivity contribution in [1.29, 1.82) is 5.26 Å². The summed E-state index contributed by atoms with van der Waals surface area (Å²) in [5, 5.41) is 18.0. The van der Waals surface area contributed by atoms with Gasteiger partial charge in [-0.2, -0.15) is 5.26 Å². The predicted octanol–water partition coefficient (Wildman–Crippen LogP) is 7.03. The van der Waals surface area contributed by atoms with Crippen molar-refractivity contribution in [2.24, 2.45) is 0 Å². The minimum absolute atomic E-state index is 0.621. The number of fused-ring (bicyclic) bond motifs is 7. The molecule has 0 aliphatic carbocycles. The zero-order valence-electron chi connectivity index (χ0n) is 17.2. The average Bonchev–Trinajstić information content (AvgIpc) is 3.08. The standard InChI is InChI=1S/C28H17N3/c1-15-16(2)27-23-12-18-8-4-3-7-17(18)11-22(23)25-28-24(19(13-29)14-30-25)20-9-5-6-10-21(20)26(15)31(27)28/h3-12,14H,1-2H3. The van der Waals surface area contributed by atoms with Crippen LogP contribution in [0.15, 0.2) is 66.9 Å². The molecule has 0 spiro atoms. The minimum Gasteiger partial charge on any atom is -0.306 e. The van der Waals surface area contributed by atoms with Crippen molar-refractivity contribution in [2.75, 3.05) is 0 Å². The van der Waals surface area contributed by atoms with Crippen LogP contribution >= 0.6 is 0 Å². The Labute approximate surface area is 178 Å². The van der Waals surface area contributed by atoms with Gasteiger partial charge in [-0.3, -0.25) is 4.98 Å². The molecule has 3 heteroatoms. The van der Waals surface area contributed by atoms with Crippen LogP contribution in [0.1, 0.15) is 16.7 Å². The molecule has 0 bridgehead atoms. The molecule has 3 aromatic carbocycles. The molecule has 7 aromatic rings. The second-order valence-electron chi connectivity index (χ2n) is 8.43. The summed E-state index contributed by atoms with van der Waals surface area (Å²) in [6, 6.07) is 23.9. The highest BCUT2D eigenvalue weighted by Gasteiger charge is 2.23. The highest BCUT2D eigenvalue weighted by Crippen LogP contribution is 2.43. The number of hydrogen-bond donors (Lipinski definition) is 0. The third-order valence-electron chi connectivity index (χ3n) is 6.97. The first-order valence-corrected chi connectivity index (χ1v) is 10.5. The van der Waals surface area contributed by atoms with Crippen LogP contribution < -0.4 is 0 Å². The van der Waals surface area contributed by atoms with Gasteiger partial charge >= 0.3 is 0 Å². The van der Waals surface area contributed by atoms with Gasteiger partial charge in [0.1, 0.15) is 6.07 Å². The highest BCUT2D eigenvalue weighted by molar-refractivity contribution is 6.27. The zero-order valence-corrected chi connectivity index (χ0v) is 17.2. The quantitative estimate of drug-likeness (QED) is 0.204. The van der Waals surface area contributed by atoms with Gasteiger partial charge in [0.15, 0.2) is 0 Å². The first-order chi connectivity index (χ1) is 15.2. The fraction of sp³-hybridized carbons (Fsp3) is 0.0714. The van der Waals surface area contributed by atoms with E-state index in [1.54, 1.807) is 6.20 Å². The van der Waals surface area contributed by atoms with Gasteiger partial charge in [-0.05, 0) is 53.3 Å². The fourth-order valence-electron chi connectivity index (χ4n) is 5.48. The Bertz CT molecular complexity index is 1920. The summed E-state index contributed by atoms with van der Waals surface area (Å²) in [5.41, 5.74) is 7.61. The summed E-state index contributed by atoms with van der Waals surface area (Å²) in [7, 11) is 0. The lowest BCUT2D eigenvalue weighted by Crippen LogP contribution is -1.99. The van der Waals surface area contributed by atoms with E-state index in [9.17, 15) is 5.26 Å². The first kappa shape index (κ1) is 16.6. The van der Waals surface area contributed by atoms with Gasteiger partial charge in [-0.1, -0.05) is 48.5 Å². The monoisotopic (exact) mass is 395 g/mol. The van der Waals surface area contributed by atoms with Crippen LogP contribution in [0.25, 0.3) is 59.8 Å². The van der Waals surface area contributed by atoms with Crippen LogP contribution in [0.2, 0.25) is 0 Å². The number of rotatable bonds is 0. The van der Waals surface area contributed by atoms with Crippen molar-refractivity contribution in [3.8, 4) is 6.07 Å². The van der Waals surface area contributed by atoms with Crippen molar-refractivity contribution in [3.05, 3.63) is 83.6 Å². The van der Waals surface area contributed by atoms with Gasteiger partial charge in [0, 0.05) is 27.7 Å². The zero-order chi connectivity index (χ0) is 20.9. The van der Waals surface area contributed by atoms with E-state index in [0.717, 1.165) is 27.2 Å². The van der Waals surface area contributed by atoms with Gasteiger partial charge in [0.2, 0.25) is 0 Å². The third kappa shape index (κ3) is 1.86. The number of aromatic nitrogens is 2. The SMILES string of the molecule is Cc1c(C)c2c3ccccc3c3c(C#N)cnc4c5cc6ccccc6cc5c1n2c43. The first-order valence-electron chi connectivity index (χ1n) is 10.5. The van der Waals surface area contributed by atoms with Crippen molar-refractivity contribution < 1.29 is 0 Å². The molecule has 0 unspecified atom stereocenters. The molecule has 144 valence electrons. The topological polar surface area (TPSA) is 41.1 Å². The molecule has 0 atom stereocenters. The van der Waals surface area contributed by atoms with Crippen molar-refractivity contribution >= 4 is 59.8 Å². The molecule has 0 saturated heterocycles. The molecular formula is C28H17N3. The molecule has 31 heavy (non-hydrogen) atoms. The highest BCUT2D eigenvalue weighted by atomic mass is 14.9. The predicted molar refractivity (Wildman–Crippen MR) is 128 cm³/mol. The molecule has 3 nitrogen and oxygen atoms in total. The van der Waals surface area contributed by atoms with E-state index in [4.69, 9.17) is 4.98 Å². The van der Waals surface area contributed by atoms with E-state index >= 15 is 0 Å². The van der Waals surface area contributed by atoms with Gasteiger partial charge in [0.05, 0.1) is 27.6 Å². The smallest absolute Gasteiger partial charge is 0.101 e. The van der Waals surface area contributed by atoms with Crippen LogP contribution in [0.5, 0.6) is 0 Å². The van der Waals surface area contributed by atoms with Crippen LogP contribution in [0.3, 0.4) is 0 Å². The molecule has 4 aromatic heterocycles. The van der Waals surface area contributed by atoms with Crippen molar-refractivity contribution in [2.45, 2.75) is 13.8 Å². The fourth-order valence-corrected chi connectivity index (χ4v) is 5.48. The number of nitriles is 1. The van der Waals surface area contributed by atoms with Gasteiger partial charge < -0.3 is 4.40 Å². The lowest BCUT2D eigenvalue weighted by molar-refractivity contribution is 1.31. The summed E-state index contributed by atoms with van der Waals surface area (Å²) in [6.07, 6.45) is 1.74. The van der Waals surface area contributed by atoms with E-state index in [2.05, 4.69) is 85.0 Å². The van der Waals surface area contributed by atoms with E-state index < -0.39 is 0 Å². The number of pyridine rings is 3. The molecule has 0 saturated carbocycles. The van der Waals surface area contributed by atoms with E-state index in [-0.39, 0.29) is 0 Å². The molecule has 4 heterocycles. The summed E-state index contributed by atoms with van der Waals surface area (Å²) in [6.45, 7) is 4.42. The molecule has 0 fully saturated rings. The number of benzene rings is 3. The molecule has 0 aliphatic rings. The Morgan fingerprint density at radius 2 is 1.35 bits per heavy atom. The Morgan fingerprint density at radius 1 is 0.742 bits per heavy atom. The second-order valence-corrected chi connectivity index (χ2v) is 8.43. The normalized spacial score (nSPS) is 12.2. The maximum atomic E-state index is 9.94. The number of nitrogens with zero attached hydrogens (tertiary/aromatic N) is 3. The number of aryl methyl sites for hydroxylation is 2. The van der Waals surface area contributed by atoms with Gasteiger partial charge in [-0.15, -0.1) is 0 Å². The lowest BCUT2D eigenvalue weighted by Gasteiger charge is -2.17. The summed E-state index contributed by atoms with van der Waals surface area (Å²) in [5.74, 6) is 0. The molecular weight excluding hydrogens is 378 g/mol. The molecule has 7 rings (SSSR count). The Balaban J connectivity index is 1.96. The largest absolute Gasteiger partial charge is 0.306 e. The molecule has 0 N–H and O–H groups in total. The Kier molecular flexibility index (Phi) is 2.95. The summed E-state index contributed by atoms with van der Waals surface area (Å²) < 4.78 is 2.36. The van der Waals surface area contributed by atoms with E-state index in [0.29, 0.717) is 5.56 Å². The Morgan fingerprint density at radius 3 is 2.06 bits per heavy atom. The van der Waals surface area contributed by atoms with Crippen LogP contribution in [-0.4, -0.2) is 9.38 Å². The molecule has 0 amide bonds. The van der Waals surface area contributed by atoms with Gasteiger partial charge in [-0.25, -0.2) is 0 Å².